The number of aromatic nitrogens is 2. The number of carboxylic acid groups (broad SMARTS) is 2. The number of hydrogen-bond donors (Lipinski definition) is 5. The molecule has 2 heterocycles. The van der Waals surface area contributed by atoms with Gasteiger partial charge in [-0.05, 0) is 42.2 Å². The van der Waals surface area contributed by atoms with Gasteiger partial charge in [0.1, 0.15) is 0 Å². The lowest BCUT2D eigenvalue weighted by Gasteiger charge is -2.39. The van der Waals surface area contributed by atoms with E-state index in [9.17, 15) is 27.9 Å². The van der Waals surface area contributed by atoms with Crippen LogP contribution in [0.1, 0.15) is 32.6 Å². The zero-order chi connectivity index (χ0) is 28.8. The second kappa shape index (κ2) is 9.68. The highest BCUT2D eigenvalue weighted by Crippen LogP contribution is 2.46. The number of nitrogens with one attached hydrogen (secondary N) is 2. The largest absolute Gasteiger partial charge is 0.490 e. The van der Waals surface area contributed by atoms with Crippen LogP contribution in [-0.4, -0.2) is 60.4 Å². The average Bonchev–Trinajstić information content (AvgIpc) is 3.56. The van der Waals surface area contributed by atoms with E-state index in [0.29, 0.717) is 40.6 Å². The highest BCUT2D eigenvalue weighted by Gasteiger charge is 2.53. The van der Waals surface area contributed by atoms with Crippen LogP contribution < -0.4 is 5.32 Å². The van der Waals surface area contributed by atoms with Gasteiger partial charge in [0.25, 0.3) is 5.91 Å². The maximum absolute atomic E-state index is 13.6. The van der Waals surface area contributed by atoms with Gasteiger partial charge in [0.05, 0.1) is 11.0 Å². The summed E-state index contributed by atoms with van der Waals surface area (Å²) in [6, 6.07) is 20.2. The number of aliphatic carboxylic acids is 1. The minimum Gasteiger partial charge on any atom is -0.475 e. The summed E-state index contributed by atoms with van der Waals surface area (Å²) in [6.45, 7) is 0. The van der Waals surface area contributed by atoms with Crippen LogP contribution in [-0.2, 0) is 23.4 Å². The van der Waals surface area contributed by atoms with Crippen LogP contribution in [0.5, 0.6) is 0 Å². The first-order valence-electron chi connectivity index (χ1n) is 11.9. The van der Waals surface area contributed by atoms with Crippen LogP contribution in [0, 0.1) is 0 Å². The molecule has 1 aliphatic heterocycles. The first-order valence-corrected chi connectivity index (χ1v) is 11.9. The number of amides is 2. The van der Waals surface area contributed by atoms with E-state index in [1.165, 1.54) is 11.1 Å². The first-order chi connectivity index (χ1) is 18.9. The van der Waals surface area contributed by atoms with Crippen molar-refractivity contribution < 1.29 is 42.9 Å². The van der Waals surface area contributed by atoms with Crippen molar-refractivity contribution in [3.63, 3.8) is 0 Å². The first kappa shape index (κ1) is 26.7. The predicted octanol–water partition coefficient (Wildman–Crippen LogP) is 4.10. The highest BCUT2D eigenvalue weighted by atomic mass is 19.4. The molecule has 2 aliphatic rings. The van der Waals surface area contributed by atoms with Gasteiger partial charge in [0.2, 0.25) is 5.95 Å². The molecule has 10 nitrogen and oxygen atoms in total. The lowest BCUT2D eigenvalue weighted by Crippen LogP contribution is -2.51. The molecule has 1 aliphatic carbocycles. The van der Waals surface area contributed by atoms with E-state index in [-0.39, 0.29) is 17.9 Å². The SMILES string of the molecule is O=C(O)C(F)(F)F.O=C(O)Nc1nc2ccc(C3(O)c4ccccc4C(=O)N3C3Cc4ccccc4C3)cc2[nH]1. The summed E-state index contributed by atoms with van der Waals surface area (Å²) < 4.78 is 31.7. The number of alkyl halides is 3. The summed E-state index contributed by atoms with van der Waals surface area (Å²) in [4.78, 5) is 42.2. The van der Waals surface area contributed by atoms with Gasteiger partial charge in [-0.15, -0.1) is 0 Å². The number of hydrogen-bond acceptors (Lipinski definition) is 5. The number of aromatic amines is 1. The fourth-order valence-electron chi connectivity index (χ4n) is 5.21. The van der Waals surface area contributed by atoms with Gasteiger partial charge in [0.15, 0.2) is 5.72 Å². The number of carbonyl (C=O) groups is 3. The minimum absolute atomic E-state index is 0.0904. The topological polar surface area (TPSA) is 156 Å². The zero-order valence-electron chi connectivity index (χ0n) is 20.4. The van der Waals surface area contributed by atoms with Crippen molar-refractivity contribution in [3.8, 4) is 0 Å². The molecule has 0 saturated heterocycles. The molecule has 0 radical (unpaired) electrons. The number of aliphatic hydroxyl groups is 1. The monoisotopic (exact) mass is 554 g/mol. The van der Waals surface area contributed by atoms with E-state index in [0.717, 1.165) is 0 Å². The molecule has 1 atom stereocenters. The van der Waals surface area contributed by atoms with Gasteiger partial charge in [0, 0.05) is 22.7 Å². The van der Waals surface area contributed by atoms with Gasteiger partial charge in [-0.3, -0.25) is 15.0 Å². The predicted molar refractivity (Wildman–Crippen MR) is 135 cm³/mol. The molecule has 5 N–H and O–H groups in total. The maximum atomic E-state index is 13.6. The number of rotatable bonds is 3. The summed E-state index contributed by atoms with van der Waals surface area (Å²) in [5, 5.41) is 30.6. The van der Waals surface area contributed by atoms with Crippen LogP contribution in [0.25, 0.3) is 11.0 Å². The number of benzene rings is 3. The number of nitrogens with zero attached hydrogens (tertiary/aromatic N) is 2. The maximum Gasteiger partial charge on any atom is 0.490 e. The number of halogens is 3. The Morgan fingerprint density at radius 1 is 1.00 bits per heavy atom. The van der Waals surface area contributed by atoms with Crippen molar-refractivity contribution in [2.75, 3.05) is 5.32 Å². The minimum atomic E-state index is -5.08. The normalized spacial score (nSPS) is 18.2. The molecular weight excluding hydrogens is 533 g/mol. The van der Waals surface area contributed by atoms with E-state index >= 15 is 0 Å². The van der Waals surface area contributed by atoms with Crippen LogP contribution in [0.2, 0.25) is 0 Å². The van der Waals surface area contributed by atoms with Crippen LogP contribution >= 0.6 is 0 Å². The molecule has 1 aromatic heterocycles. The molecule has 0 spiro atoms. The smallest absolute Gasteiger partial charge is 0.475 e. The summed E-state index contributed by atoms with van der Waals surface area (Å²) in [7, 11) is 0. The van der Waals surface area contributed by atoms with E-state index in [1.807, 2.05) is 18.2 Å². The second-order valence-corrected chi connectivity index (χ2v) is 9.27. The Bertz CT molecular complexity index is 1630. The quantitative estimate of drug-likeness (QED) is 0.255. The fraction of sp³-hybridized carbons (Fsp3) is 0.185. The third-order valence-corrected chi connectivity index (χ3v) is 6.85. The Morgan fingerprint density at radius 3 is 2.20 bits per heavy atom. The summed E-state index contributed by atoms with van der Waals surface area (Å²) in [6.07, 6.45) is -4.98. The number of H-pyrrole nitrogens is 1. The third-order valence-electron chi connectivity index (χ3n) is 6.85. The number of anilines is 1. The van der Waals surface area contributed by atoms with E-state index in [2.05, 4.69) is 27.4 Å². The number of carboxylic acids is 1. The Morgan fingerprint density at radius 2 is 1.60 bits per heavy atom. The van der Waals surface area contributed by atoms with E-state index in [4.69, 9.17) is 15.0 Å². The molecule has 13 heteroatoms. The third kappa shape index (κ3) is 4.60. The van der Waals surface area contributed by atoms with Gasteiger partial charge in [-0.25, -0.2) is 14.6 Å². The van der Waals surface area contributed by atoms with Crippen molar-refractivity contribution in [1.29, 1.82) is 0 Å². The lowest BCUT2D eigenvalue weighted by atomic mass is 9.92. The Kier molecular flexibility index (Phi) is 6.46. The molecule has 4 aromatic rings. The number of imidazole rings is 1. The van der Waals surface area contributed by atoms with Gasteiger partial charge in [-0.1, -0.05) is 48.5 Å². The Hall–Kier alpha value is -4.91. The molecule has 40 heavy (non-hydrogen) atoms. The molecule has 2 amide bonds. The van der Waals surface area contributed by atoms with E-state index < -0.39 is 24.0 Å². The Balaban J connectivity index is 0.000000411. The van der Waals surface area contributed by atoms with Gasteiger partial charge < -0.3 is 20.3 Å². The van der Waals surface area contributed by atoms with Crippen molar-refractivity contribution in [2.24, 2.45) is 0 Å². The number of fused-ring (bicyclic) bond motifs is 3. The molecule has 1 unspecified atom stereocenters. The molecule has 3 aromatic carbocycles. The molecule has 0 saturated carbocycles. The second-order valence-electron chi connectivity index (χ2n) is 9.27. The van der Waals surface area contributed by atoms with Crippen LogP contribution in [0.15, 0.2) is 66.7 Å². The van der Waals surface area contributed by atoms with Crippen LogP contribution in [0.4, 0.5) is 23.9 Å². The van der Waals surface area contributed by atoms with Gasteiger partial charge >= 0.3 is 18.2 Å². The summed E-state index contributed by atoms with van der Waals surface area (Å²) in [5.41, 5.74) is 3.32. The molecule has 0 bridgehead atoms. The lowest BCUT2D eigenvalue weighted by molar-refractivity contribution is -0.192. The molecule has 0 fully saturated rings. The standard InChI is InChI=1S/C25H20N4O4.C2HF3O2/c30-22-18-7-3-4-8-19(18)25(33,29(22)17-11-14-5-1-2-6-15(14)12-17)16-9-10-20-21(13-16)27-23(26-20)28-24(31)32;3-2(4,5)1(6)7/h1-10,13,17,33H,11-12H2,(H,31,32)(H2,26,27,28);(H,6,7). The summed E-state index contributed by atoms with van der Waals surface area (Å²) in [5.74, 6) is -2.87. The highest BCUT2D eigenvalue weighted by molar-refractivity contribution is 6.01. The van der Waals surface area contributed by atoms with Crippen LogP contribution in [0.3, 0.4) is 0 Å². The summed E-state index contributed by atoms with van der Waals surface area (Å²) >= 11 is 0. The fourth-order valence-corrected chi connectivity index (χ4v) is 5.21. The average molecular weight is 554 g/mol. The Labute approximate surface area is 223 Å². The van der Waals surface area contributed by atoms with E-state index in [1.54, 1.807) is 41.3 Å². The van der Waals surface area contributed by atoms with Crippen molar-refractivity contribution in [3.05, 3.63) is 94.5 Å². The van der Waals surface area contributed by atoms with Crippen molar-refractivity contribution >= 4 is 35.0 Å². The zero-order valence-corrected chi connectivity index (χ0v) is 20.4. The molecular formula is C27H21F3N4O6. The number of carbonyl (C=O) groups excluding carboxylic acids is 1. The molecule has 6 rings (SSSR count). The van der Waals surface area contributed by atoms with Crippen molar-refractivity contribution in [1.82, 2.24) is 14.9 Å². The van der Waals surface area contributed by atoms with Gasteiger partial charge in [-0.2, -0.15) is 13.2 Å². The molecule has 206 valence electrons. The van der Waals surface area contributed by atoms with Crippen molar-refractivity contribution in [2.45, 2.75) is 30.8 Å².